The molecular formula is C17H19Cl2N3O2S. The van der Waals surface area contributed by atoms with Gasteiger partial charge in [0.05, 0.1) is 15.6 Å². The van der Waals surface area contributed by atoms with E-state index in [1.54, 1.807) is 29.2 Å². The average molecular weight is 400 g/mol. The number of piperidine rings is 1. The van der Waals surface area contributed by atoms with Crippen molar-refractivity contribution in [3.8, 4) is 0 Å². The highest BCUT2D eigenvalue weighted by atomic mass is 35.5. The van der Waals surface area contributed by atoms with Crippen LogP contribution < -0.4 is 11.1 Å². The lowest BCUT2D eigenvalue weighted by molar-refractivity contribution is 0.0714. The molecule has 0 unspecified atom stereocenters. The number of nitrogens with two attached hydrogens (primary N) is 1. The van der Waals surface area contributed by atoms with Gasteiger partial charge in [0.15, 0.2) is 0 Å². The lowest BCUT2D eigenvalue weighted by Crippen LogP contribution is -2.42. The molecule has 2 aromatic rings. The molecular weight excluding hydrogens is 381 g/mol. The number of hydrogen-bond acceptors (Lipinski definition) is 4. The van der Waals surface area contributed by atoms with E-state index >= 15 is 0 Å². The van der Waals surface area contributed by atoms with Crippen LogP contribution in [0.25, 0.3) is 0 Å². The van der Waals surface area contributed by atoms with Gasteiger partial charge in [0, 0.05) is 24.7 Å². The molecule has 1 aliphatic rings. The van der Waals surface area contributed by atoms with Crippen LogP contribution in [0.3, 0.4) is 0 Å². The Bertz CT molecular complexity index is 744. The summed E-state index contributed by atoms with van der Waals surface area (Å²) in [4.78, 5) is 27.2. The Morgan fingerprint density at radius 3 is 2.60 bits per heavy atom. The summed E-state index contributed by atoms with van der Waals surface area (Å²) in [6, 6.07) is 8.65. The van der Waals surface area contributed by atoms with Crippen molar-refractivity contribution >= 4 is 52.8 Å². The van der Waals surface area contributed by atoms with Crippen LogP contribution >= 0.6 is 35.3 Å². The Kier molecular flexibility index (Phi) is 6.84. The van der Waals surface area contributed by atoms with Gasteiger partial charge in [0.25, 0.3) is 11.8 Å². The van der Waals surface area contributed by atoms with Crippen LogP contribution in [0.2, 0.25) is 5.02 Å². The first kappa shape index (κ1) is 19.7. The molecule has 0 aliphatic carbocycles. The molecule has 2 heterocycles. The second-order valence-electron chi connectivity index (χ2n) is 5.76. The van der Waals surface area contributed by atoms with E-state index in [0.29, 0.717) is 34.2 Å². The lowest BCUT2D eigenvalue weighted by atomic mass is 10.0. The summed E-state index contributed by atoms with van der Waals surface area (Å²) in [5.74, 6) is -0.300. The largest absolute Gasteiger partial charge is 0.339 e. The fourth-order valence-electron chi connectivity index (χ4n) is 2.63. The Labute approximate surface area is 161 Å². The van der Waals surface area contributed by atoms with Gasteiger partial charge in [-0.2, -0.15) is 0 Å². The maximum atomic E-state index is 12.6. The first-order valence-corrected chi connectivity index (χ1v) is 8.99. The minimum atomic E-state index is -0.236. The van der Waals surface area contributed by atoms with Gasteiger partial charge in [-0.3, -0.25) is 9.59 Å². The number of benzene rings is 1. The number of amides is 2. The molecule has 1 saturated heterocycles. The molecule has 0 bridgehead atoms. The van der Waals surface area contributed by atoms with Gasteiger partial charge < -0.3 is 16.0 Å². The lowest BCUT2D eigenvalue weighted by Gasteiger charge is -2.30. The Hall–Kier alpha value is -1.60. The predicted octanol–water partition coefficient (Wildman–Crippen LogP) is 3.64. The van der Waals surface area contributed by atoms with E-state index in [2.05, 4.69) is 5.32 Å². The standard InChI is InChI=1S/C17H18ClN3O2S.ClH/c18-13-4-3-11(17(23)21-7-5-12(19)6-8-21)10-14(13)20-16(22)15-2-1-9-24-15;/h1-4,9-10,12H,5-8,19H2,(H,20,22);1H. The third-order valence-electron chi connectivity index (χ3n) is 4.03. The van der Waals surface area contributed by atoms with Crippen molar-refractivity contribution < 1.29 is 9.59 Å². The minimum absolute atomic E-state index is 0. The van der Waals surface area contributed by atoms with E-state index in [-0.39, 0.29) is 30.3 Å². The predicted molar refractivity (Wildman–Crippen MR) is 104 cm³/mol. The van der Waals surface area contributed by atoms with Crippen LogP contribution in [-0.4, -0.2) is 35.8 Å². The van der Waals surface area contributed by atoms with Crippen molar-refractivity contribution in [2.75, 3.05) is 18.4 Å². The van der Waals surface area contributed by atoms with Gasteiger partial charge >= 0.3 is 0 Å². The van der Waals surface area contributed by atoms with Crippen molar-refractivity contribution in [3.63, 3.8) is 0 Å². The van der Waals surface area contributed by atoms with Crippen LogP contribution in [0.5, 0.6) is 0 Å². The number of halogens is 2. The summed E-state index contributed by atoms with van der Waals surface area (Å²) in [6.45, 7) is 1.30. The van der Waals surface area contributed by atoms with Crippen molar-refractivity contribution in [3.05, 3.63) is 51.2 Å². The Balaban J connectivity index is 0.00000225. The van der Waals surface area contributed by atoms with E-state index in [0.717, 1.165) is 12.8 Å². The van der Waals surface area contributed by atoms with Crippen molar-refractivity contribution in [2.24, 2.45) is 5.73 Å². The summed E-state index contributed by atoms with van der Waals surface area (Å²) in [5.41, 5.74) is 6.83. The molecule has 25 heavy (non-hydrogen) atoms. The number of carbonyl (C=O) groups is 2. The number of rotatable bonds is 3. The molecule has 5 nitrogen and oxygen atoms in total. The van der Waals surface area contributed by atoms with Gasteiger partial charge in [-0.05, 0) is 42.5 Å². The second kappa shape index (κ2) is 8.67. The normalized spacial score (nSPS) is 14.7. The van der Waals surface area contributed by atoms with Crippen LogP contribution in [0.1, 0.15) is 32.9 Å². The molecule has 0 saturated carbocycles. The maximum absolute atomic E-state index is 12.6. The molecule has 134 valence electrons. The van der Waals surface area contributed by atoms with Crippen molar-refractivity contribution in [1.29, 1.82) is 0 Å². The average Bonchev–Trinajstić information content (AvgIpc) is 3.11. The van der Waals surface area contributed by atoms with Gasteiger partial charge in [0.2, 0.25) is 0 Å². The number of hydrogen-bond donors (Lipinski definition) is 2. The fourth-order valence-corrected chi connectivity index (χ4v) is 3.41. The summed E-state index contributed by atoms with van der Waals surface area (Å²) < 4.78 is 0. The highest BCUT2D eigenvalue weighted by Gasteiger charge is 2.22. The quantitative estimate of drug-likeness (QED) is 0.826. The summed E-state index contributed by atoms with van der Waals surface area (Å²) in [6.07, 6.45) is 1.61. The fraction of sp³-hybridized carbons (Fsp3) is 0.294. The maximum Gasteiger partial charge on any atom is 0.265 e. The number of thiophene rings is 1. The molecule has 8 heteroatoms. The zero-order valence-corrected chi connectivity index (χ0v) is 15.8. The highest BCUT2D eigenvalue weighted by molar-refractivity contribution is 7.12. The topological polar surface area (TPSA) is 75.4 Å². The molecule has 0 atom stereocenters. The van der Waals surface area contributed by atoms with E-state index in [1.165, 1.54) is 11.3 Å². The van der Waals surface area contributed by atoms with Crippen molar-refractivity contribution in [2.45, 2.75) is 18.9 Å². The molecule has 1 aromatic carbocycles. The van der Waals surface area contributed by atoms with E-state index in [1.807, 2.05) is 11.4 Å². The summed E-state index contributed by atoms with van der Waals surface area (Å²) in [7, 11) is 0. The zero-order chi connectivity index (χ0) is 17.1. The number of carbonyl (C=O) groups excluding carboxylic acids is 2. The molecule has 1 aromatic heterocycles. The first-order chi connectivity index (χ1) is 11.5. The highest BCUT2D eigenvalue weighted by Crippen LogP contribution is 2.25. The summed E-state index contributed by atoms with van der Waals surface area (Å²) in [5, 5.41) is 5.00. The molecule has 3 rings (SSSR count). The van der Waals surface area contributed by atoms with Crippen LogP contribution in [0, 0.1) is 0 Å². The molecule has 0 spiro atoms. The van der Waals surface area contributed by atoms with Crippen LogP contribution in [0.4, 0.5) is 5.69 Å². The minimum Gasteiger partial charge on any atom is -0.339 e. The molecule has 1 fully saturated rings. The number of nitrogens with one attached hydrogen (secondary N) is 1. The van der Waals surface area contributed by atoms with Gasteiger partial charge in [-0.15, -0.1) is 23.7 Å². The number of nitrogens with zero attached hydrogens (tertiary/aromatic N) is 1. The van der Waals surface area contributed by atoms with E-state index in [4.69, 9.17) is 17.3 Å². The number of likely N-dealkylation sites (tertiary alicyclic amines) is 1. The third kappa shape index (κ3) is 4.73. The van der Waals surface area contributed by atoms with Crippen LogP contribution in [-0.2, 0) is 0 Å². The van der Waals surface area contributed by atoms with E-state index in [9.17, 15) is 9.59 Å². The smallest absolute Gasteiger partial charge is 0.265 e. The molecule has 2 amide bonds. The zero-order valence-electron chi connectivity index (χ0n) is 13.4. The van der Waals surface area contributed by atoms with Gasteiger partial charge in [0.1, 0.15) is 0 Å². The van der Waals surface area contributed by atoms with E-state index < -0.39 is 0 Å². The van der Waals surface area contributed by atoms with Crippen molar-refractivity contribution in [1.82, 2.24) is 4.90 Å². The van der Waals surface area contributed by atoms with Gasteiger partial charge in [-0.1, -0.05) is 17.7 Å². The Morgan fingerprint density at radius 2 is 1.96 bits per heavy atom. The SMILES string of the molecule is Cl.NC1CCN(C(=O)c2ccc(Cl)c(NC(=O)c3cccs3)c2)CC1. The third-order valence-corrected chi connectivity index (χ3v) is 5.23. The Morgan fingerprint density at radius 1 is 1.24 bits per heavy atom. The first-order valence-electron chi connectivity index (χ1n) is 7.74. The number of anilines is 1. The summed E-state index contributed by atoms with van der Waals surface area (Å²) >= 11 is 7.51. The molecule has 1 aliphatic heterocycles. The molecule has 3 N–H and O–H groups in total. The van der Waals surface area contributed by atoms with Crippen LogP contribution in [0.15, 0.2) is 35.7 Å². The second-order valence-corrected chi connectivity index (χ2v) is 7.11. The monoisotopic (exact) mass is 399 g/mol. The molecule has 0 radical (unpaired) electrons. The van der Waals surface area contributed by atoms with Gasteiger partial charge in [-0.25, -0.2) is 0 Å².